The maximum absolute atomic E-state index is 5.88. The van der Waals surface area contributed by atoms with Gasteiger partial charge in [-0.05, 0) is 18.2 Å². The third-order valence-corrected chi connectivity index (χ3v) is 3.56. The first-order valence-electron chi connectivity index (χ1n) is 6.30. The normalized spacial score (nSPS) is 24.0. The van der Waals surface area contributed by atoms with Gasteiger partial charge in [-0.1, -0.05) is 43.0 Å². The van der Waals surface area contributed by atoms with E-state index in [1.807, 2.05) is 53.6 Å². The van der Waals surface area contributed by atoms with E-state index in [0.717, 1.165) is 22.6 Å². The molecule has 2 aromatic rings. The van der Waals surface area contributed by atoms with Crippen molar-refractivity contribution in [1.82, 2.24) is 0 Å². The van der Waals surface area contributed by atoms with Crippen LogP contribution in [-0.4, -0.2) is 6.29 Å². The fourth-order valence-corrected chi connectivity index (χ4v) is 2.65. The molecule has 0 saturated carbocycles. The number of para-hydroxylation sites is 2. The lowest BCUT2D eigenvalue weighted by atomic mass is 9.96. The molecule has 1 saturated heterocycles. The Kier molecular flexibility index (Phi) is 2.17. The fourth-order valence-electron chi connectivity index (χ4n) is 2.65. The Labute approximate surface area is 111 Å². The molecule has 0 radical (unpaired) electrons. The second-order valence-corrected chi connectivity index (χ2v) is 4.73. The molecule has 19 heavy (non-hydrogen) atoms. The van der Waals surface area contributed by atoms with Gasteiger partial charge in [0.05, 0.1) is 5.69 Å². The zero-order chi connectivity index (χ0) is 12.8. The summed E-state index contributed by atoms with van der Waals surface area (Å²) >= 11 is 0. The number of fused-ring (bicyclic) bond motifs is 4. The van der Waals surface area contributed by atoms with E-state index in [-0.39, 0.29) is 12.3 Å². The molecule has 1 fully saturated rings. The van der Waals surface area contributed by atoms with Crippen molar-refractivity contribution in [3.63, 3.8) is 0 Å². The summed E-state index contributed by atoms with van der Waals surface area (Å²) in [6, 6.07) is 18.1. The minimum atomic E-state index is -0.389. The van der Waals surface area contributed by atoms with Crippen molar-refractivity contribution in [1.29, 1.82) is 0 Å². The van der Waals surface area contributed by atoms with Crippen molar-refractivity contribution in [2.24, 2.45) is 0 Å². The first-order chi connectivity index (χ1) is 9.34. The summed E-state index contributed by atoms with van der Waals surface area (Å²) in [5.41, 5.74) is 3.06. The Balaban J connectivity index is 1.84. The van der Waals surface area contributed by atoms with Gasteiger partial charge in [0.15, 0.2) is 0 Å². The van der Waals surface area contributed by atoms with E-state index in [4.69, 9.17) is 9.57 Å². The van der Waals surface area contributed by atoms with Crippen molar-refractivity contribution in [2.45, 2.75) is 12.3 Å². The van der Waals surface area contributed by atoms with Gasteiger partial charge in [0.2, 0.25) is 6.29 Å². The molecule has 3 nitrogen and oxygen atoms in total. The van der Waals surface area contributed by atoms with Crippen LogP contribution in [0.2, 0.25) is 0 Å². The van der Waals surface area contributed by atoms with Crippen molar-refractivity contribution in [3.05, 3.63) is 72.3 Å². The number of hydrogen-bond donors (Lipinski definition) is 0. The quantitative estimate of drug-likeness (QED) is 0.724. The number of nitrogens with zero attached hydrogens (tertiary/aromatic N) is 1. The van der Waals surface area contributed by atoms with Crippen LogP contribution in [0.5, 0.6) is 5.75 Å². The lowest BCUT2D eigenvalue weighted by Crippen LogP contribution is -2.21. The number of benzene rings is 2. The molecule has 0 unspecified atom stereocenters. The third kappa shape index (κ3) is 1.48. The van der Waals surface area contributed by atoms with E-state index in [1.54, 1.807) is 0 Å². The Morgan fingerprint density at radius 1 is 0.947 bits per heavy atom. The van der Waals surface area contributed by atoms with Crippen LogP contribution in [0.25, 0.3) is 0 Å². The average molecular weight is 251 g/mol. The monoisotopic (exact) mass is 251 g/mol. The van der Waals surface area contributed by atoms with E-state index in [0.29, 0.717) is 0 Å². The molecule has 2 atom stereocenters. The first-order valence-corrected chi connectivity index (χ1v) is 6.30. The first kappa shape index (κ1) is 10.6. The van der Waals surface area contributed by atoms with E-state index in [2.05, 4.69) is 12.6 Å². The summed E-state index contributed by atoms with van der Waals surface area (Å²) in [5, 5.41) is 1.89. The van der Waals surface area contributed by atoms with Gasteiger partial charge in [0, 0.05) is 11.1 Å². The van der Waals surface area contributed by atoms with Gasteiger partial charge < -0.3 is 4.74 Å². The van der Waals surface area contributed by atoms with Gasteiger partial charge in [-0.25, -0.2) is 9.90 Å². The van der Waals surface area contributed by atoms with E-state index < -0.39 is 0 Å². The van der Waals surface area contributed by atoms with Crippen molar-refractivity contribution >= 4 is 5.69 Å². The van der Waals surface area contributed by atoms with Crippen molar-refractivity contribution in [3.8, 4) is 5.75 Å². The van der Waals surface area contributed by atoms with Crippen molar-refractivity contribution < 1.29 is 9.57 Å². The molecule has 2 aliphatic heterocycles. The van der Waals surface area contributed by atoms with Crippen LogP contribution in [0.4, 0.5) is 5.69 Å². The molecule has 0 N–H and O–H groups in total. The van der Waals surface area contributed by atoms with E-state index in [1.165, 1.54) is 0 Å². The minimum absolute atomic E-state index is 0.0253. The Morgan fingerprint density at radius 2 is 1.68 bits per heavy atom. The van der Waals surface area contributed by atoms with Gasteiger partial charge in [-0.2, -0.15) is 0 Å². The lowest BCUT2D eigenvalue weighted by Gasteiger charge is -2.25. The minimum Gasteiger partial charge on any atom is -0.458 e. The number of hydroxylamine groups is 1. The van der Waals surface area contributed by atoms with E-state index >= 15 is 0 Å². The predicted molar refractivity (Wildman–Crippen MR) is 72.7 cm³/mol. The van der Waals surface area contributed by atoms with E-state index in [9.17, 15) is 0 Å². The highest BCUT2D eigenvalue weighted by Crippen LogP contribution is 2.48. The zero-order valence-electron chi connectivity index (χ0n) is 10.3. The van der Waals surface area contributed by atoms with Crippen LogP contribution < -0.4 is 9.80 Å². The highest BCUT2D eigenvalue weighted by molar-refractivity contribution is 5.55. The summed E-state index contributed by atoms with van der Waals surface area (Å²) in [7, 11) is 0. The number of rotatable bonds is 1. The number of ether oxygens (including phenoxy) is 1. The standard InChI is InChI=1S/C16H13NO2/c1-11-15-13-9-5-6-10-14(13)18-16(11)19-17(15)12-7-3-2-4-8-12/h2-10,15-16H,1H2/t15-,16-/m0/s1. The molecule has 0 aliphatic carbocycles. The maximum atomic E-state index is 5.88. The third-order valence-electron chi connectivity index (χ3n) is 3.56. The second-order valence-electron chi connectivity index (χ2n) is 4.73. The summed E-state index contributed by atoms with van der Waals surface area (Å²) in [6.45, 7) is 4.12. The Morgan fingerprint density at radius 3 is 2.53 bits per heavy atom. The lowest BCUT2D eigenvalue weighted by molar-refractivity contribution is -0.0311. The Hall–Kier alpha value is -2.26. The highest BCUT2D eigenvalue weighted by Gasteiger charge is 2.45. The molecule has 0 aromatic heterocycles. The predicted octanol–water partition coefficient (Wildman–Crippen LogP) is 3.45. The molecule has 2 aromatic carbocycles. The van der Waals surface area contributed by atoms with Gasteiger partial charge in [0.1, 0.15) is 11.8 Å². The second kappa shape index (κ2) is 3.87. The van der Waals surface area contributed by atoms with Crippen molar-refractivity contribution in [2.75, 3.05) is 5.06 Å². The number of hydrogen-bond acceptors (Lipinski definition) is 3. The van der Waals surface area contributed by atoms with Crippen LogP contribution >= 0.6 is 0 Å². The summed E-state index contributed by atoms with van der Waals surface area (Å²) in [6.07, 6.45) is -0.389. The van der Waals surface area contributed by atoms with Crippen LogP contribution in [0.3, 0.4) is 0 Å². The molecule has 2 bridgehead atoms. The van der Waals surface area contributed by atoms with Gasteiger partial charge >= 0.3 is 0 Å². The molecule has 0 spiro atoms. The molecule has 3 heteroatoms. The average Bonchev–Trinajstić information content (AvgIpc) is 2.69. The largest absolute Gasteiger partial charge is 0.458 e. The fraction of sp³-hybridized carbons (Fsp3) is 0.125. The van der Waals surface area contributed by atoms with Gasteiger partial charge in [-0.3, -0.25) is 0 Å². The molecular weight excluding hydrogens is 238 g/mol. The topological polar surface area (TPSA) is 21.7 Å². The highest BCUT2D eigenvalue weighted by atomic mass is 16.8. The zero-order valence-corrected chi connectivity index (χ0v) is 10.3. The molecular formula is C16H13NO2. The molecule has 0 amide bonds. The SMILES string of the molecule is C=C1[C@H]2Oc3ccccc3[C@H]1N(c1ccccc1)O2. The van der Waals surface area contributed by atoms with Crippen LogP contribution in [0, 0.1) is 0 Å². The maximum Gasteiger partial charge on any atom is 0.248 e. The molecule has 2 aliphatic rings. The summed E-state index contributed by atoms with van der Waals surface area (Å²) in [4.78, 5) is 5.88. The van der Waals surface area contributed by atoms with Gasteiger partial charge in [-0.15, -0.1) is 0 Å². The smallest absolute Gasteiger partial charge is 0.248 e. The molecule has 94 valence electrons. The number of anilines is 1. The van der Waals surface area contributed by atoms with Crippen LogP contribution in [0.1, 0.15) is 11.6 Å². The molecule has 4 rings (SSSR count). The van der Waals surface area contributed by atoms with Gasteiger partial charge in [0.25, 0.3) is 0 Å². The summed E-state index contributed by atoms with van der Waals surface area (Å²) < 4.78 is 5.82. The van der Waals surface area contributed by atoms with Crippen LogP contribution in [-0.2, 0) is 4.84 Å². The summed E-state index contributed by atoms with van der Waals surface area (Å²) in [5.74, 6) is 0.878. The Bertz CT molecular complexity index is 638. The van der Waals surface area contributed by atoms with Crippen LogP contribution in [0.15, 0.2) is 66.7 Å². The molecule has 2 heterocycles.